The van der Waals surface area contributed by atoms with E-state index in [9.17, 15) is 4.79 Å². The number of aromatic amines is 1. The summed E-state index contributed by atoms with van der Waals surface area (Å²) in [5.74, 6) is 1.62. The minimum atomic E-state index is -0.102. The highest BCUT2D eigenvalue weighted by Gasteiger charge is 2.17. The summed E-state index contributed by atoms with van der Waals surface area (Å²) in [4.78, 5) is 22.8. The molecule has 0 spiro atoms. The van der Waals surface area contributed by atoms with Crippen LogP contribution in [0.3, 0.4) is 0 Å². The van der Waals surface area contributed by atoms with Crippen LogP contribution in [-0.4, -0.2) is 29.4 Å². The highest BCUT2D eigenvalue weighted by atomic mass is 32.1. The van der Waals surface area contributed by atoms with Crippen LogP contribution in [0.1, 0.15) is 35.9 Å². The third-order valence-electron chi connectivity index (χ3n) is 4.50. The predicted molar refractivity (Wildman–Crippen MR) is 102 cm³/mol. The van der Waals surface area contributed by atoms with Gasteiger partial charge in [0.25, 0.3) is 5.56 Å². The molecule has 134 valence electrons. The van der Waals surface area contributed by atoms with Crippen molar-refractivity contribution >= 4 is 17.0 Å². The van der Waals surface area contributed by atoms with Crippen molar-refractivity contribution in [2.24, 2.45) is 0 Å². The van der Waals surface area contributed by atoms with E-state index < -0.39 is 0 Å². The third-order valence-corrected chi connectivity index (χ3v) is 5.39. The lowest BCUT2D eigenvalue weighted by Crippen LogP contribution is -2.18. The van der Waals surface area contributed by atoms with Gasteiger partial charge in [0.05, 0.1) is 22.3 Å². The van der Waals surface area contributed by atoms with E-state index in [1.807, 2.05) is 43.0 Å². The zero-order valence-electron chi connectivity index (χ0n) is 15.1. The van der Waals surface area contributed by atoms with Crippen LogP contribution in [-0.2, 0) is 6.42 Å². The SMILES string of the molecule is Cc1nc(C)n(C(C)Cc2cc(=O)n3[nH]c(-c4cccs4)c(C)c3n2)n1. The van der Waals surface area contributed by atoms with E-state index in [0.29, 0.717) is 12.1 Å². The van der Waals surface area contributed by atoms with Gasteiger partial charge in [-0.15, -0.1) is 11.3 Å². The van der Waals surface area contributed by atoms with Crippen LogP contribution in [0.25, 0.3) is 16.2 Å². The van der Waals surface area contributed by atoms with Gasteiger partial charge >= 0.3 is 0 Å². The van der Waals surface area contributed by atoms with Crippen LogP contribution < -0.4 is 5.56 Å². The molecule has 1 N–H and O–H groups in total. The first-order valence-electron chi connectivity index (χ1n) is 8.49. The summed E-state index contributed by atoms with van der Waals surface area (Å²) in [7, 11) is 0. The monoisotopic (exact) mass is 368 g/mol. The van der Waals surface area contributed by atoms with Gasteiger partial charge in [-0.2, -0.15) is 5.10 Å². The van der Waals surface area contributed by atoms with Crippen LogP contribution >= 0.6 is 11.3 Å². The highest BCUT2D eigenvalue weighted by molar-refractivity contribution is 7.13. The van der Waals surface area contributed by atoms with E-state index in [1.54, 1.807) is 17.4 Å². The van der Waals surface area contributed by atoms with E-state index in [-0.39, 0.29) is 11.6 Å². The molecule has 0 saturated heterocycles. The Morgan fingerprint density at radius 3 is 2.73 bits per heavy atom. The van der Waals surface area contributed by atoms with Crippen LogP contribution in [0.5, 0.6) is 0 Å². The lowest BCUT2D eigenvalue weighted by atomic mass is 10.1. The molecular weight excluding hydrogens is 348 g/mol. The Kier molecular flexibility index (Phi) is 3.99. The number of hydrogen-bond donors (Lipinski definition) is 1. The molecule has 4 aromatic rings. The van der Waals surface area contributed by atoms with Gasteiger partial charge in [0, 0.05) is 18.1 Å². The molecule has 1 atom stereocenters. The smallest absolute Gasteiger partial charge is 0.272 e. The maximum atomic E-state index is 12.6. The molecule has 0 amide bonds. The lowest BCUT2D eigenvalue weighted by Gasteiger charge is -2.12. The van der Waals surface area contributed by atoms with E-state index in [2.05, 4.69) is 22.1 Å². The minimum Gasteiger partial charge on any atom is -0.288 e. The van der Waals surface area contributed by atoms with Crippen molar-refractivity contribution in [3.8, 4) is 10.6 Å². The predicted octanol–water partition coefficient (Wildman–Crippen LogP) is 3.07. The fraction of sp³-hybridized carbons (Fsp3) is 0.333. The standard InChI is InChI=1S/C18H20N6OS/c1-10(23-13(4)19-12(3)21-23)8-14-9-16(25)24-18(20-14)11(2)17(22-24)15-6-5-7-26-15/h5-7,9-10,22H,8H2,1-4H3. The van der Waals surface area contributed by atoms with Crippen LogP contribution in [0.4, 0.5) is 0 Å². The second-order valence-corrected chi connectivity index (χ2v) is 7.49. The largest absolute Gasteiger partial charge is 0.288 e. The van der Waals surface area contributed by atoms with Gasteiger partial charge in [0.2, 0.25) is 0 Å². The summed E-state index contributed by atoms with van der Waals surface area (Å²) in [6.45, 7) is 7.87. The van der Waals surface area contributed by atoms with E-state index >= 15 is 0 Å². The van der Waals surface area contributed by atoms with Crippen molar-refractivity contribution < 1.29 is 0 Å². The number of H-pyrrole nitrogens is 1. The summed E-state index contributed by atoms with van der Waals surface area (Å²) in [6.07, 6.45) is 0.619. The van der Waals surface area contributed by atoms with E-state index in [4.69, 9.17) is 4.98 Å². The highest BCUT2D eigenvalue weighted by Crippen LogP contribution is 2.28. The number of nitrogens with one attached hydrogen (secondary N) is 1. The first kappa shape index (κ1) is 16.7. The molecule has 7 nitrogen and oxygen atoms in total. The molecule has 4 rings (SSSR count). The first-order chi connectivity index (χ1) is 12.4. The Morgan fingerprint density at radius 2 is 2.08 bits per heavy atom. The van der Waals surface area contributed by atoms with Crippen LogP contribution in [0.15, 0.2) is 28.4 Å². The van der Waals surface area contributed by atoms with Gasteiger partial charge in [-0.25, -0.2) is 19.2 Å². The van der Waals surface area contributed by atoms with Crippen molar-refractivity contribution in [1.82, 2.24) is 29.4 Å². The fourth-order valence-corrected chi connectivity index (χ4v) is 4.08. The quantitative estimate of drug-likeness (QED) is 0.600. The molecular formula is C18H20N6OS. The van der Waals surface area contributed by atoms with Crippen molar-refractivity contribution in [1.29, 1.82) is 0 Å². The van der Waals surface area contributed by atoms with Gasteiger partial charge in [-0.1, -0.05) is 6.07 Å². The van der Waals surface area contributed by atoms with Gasteiger partial charge in [-0.05, 0) is 39.1 Å². The van der Waals surface area contributed by atoms with E-state index in [0.717, 1.165) is 33.5 Å². The van der Waals surface area contributed by atoms with Gasteiger partial charge in [-0.3, -0.25) is 9.89 Å². The molecule has 4 heterocycles. The molecule has 0 aliphatic carbocycles. The summed E-state index contributed by atoms with van der Waals surface area (Å²) in [6, 6.07) is 5.70. The Morgan fingerprint density at radius 1 is 1.27 bits per heavy atom. The molecule has 0 aliphatic rings. The number of thiophene rings is 1. The third kappa shape index (κ3) is 2.76. The average molecular weight is 368 g/mol. The normalized spacial score (nSPS) is 12.8. The molecule has 8 heteroatoms. The molecule has 0 bridgehead atoms. The fourth-order valence-electron chi connectivity index (χ4n) is 3.30. The topological polar surface area (TPSA) is 80.9 Å². The van der Waals surface area contributed by atoms with Gasteiger partial charge < -0.3 is 0 Å². The van der Waals surface area contributed by atoms with Crippen molar-refractivity contribution in [3.63, 3.8) is 0 Å². The maximum absolute atomic E-state index is 12.6. The summed E-state index contributed by atoms with van der Waals surface area (Å²) < 4.78 is 3.41. The van der Waals surface area contributed by atoms with Gasteiger partial charge in [0.1, 0.15) is 11.6 Å². The number of aryl methyl sites for hydroxylation is 3. The van der Waals surface area contributed by atoms with Crippen LogP contribution in [0.2, 0.25) is 0 Å². The average Bonchev–Trinajstić information content (AvgIpc) is 3.28. The number of fused-ring (bicyclic) bond motifs is 1. The summed E-state index contributed by atoms with van der Waals surface area (Å²) in [5.41, 5.74) is 3.25. The molecule has 4 aromatic heterocycles. The number of rotatable bonds is 4. The van der Waals surface area contributed by atoms with Crippen molar-refractivity contribution in [2.45, 2.75) is 40.2 Å². The van der Waals surface area contributed by atoms with E-state index in [1.165, 1.54) is 4.52 Å². The molecule has 0 radical (unpaired) electrons. The summed E-state index contributed by atoms with van der Waals surface area (Å²) in [5, 5.41) is 9.64. The maximum Gasteiger partial charge on any atom is 0.272 e. The Bertz CT molecular complexity index is 1130. The molecule has 0 fully saturated rings. The van der Waals surface area contributed by atoms with Crippen molar-refractivity contribution in [3.05, 3.63) is 56.8 Å². The first-order valence-corrected chi connectivity index (χ1v) is 9.37. The lowest BCUT2D eigenvalue weighted by molar-refractivity contribution is 0.469. The molecule has 1 unspecified atom stereocenters. The Hall–Kier alpha value is -2.74. The summed E-state index contributed by atoms with van der Waals surface area (Å²) >= 11 is 1.63. The number of nitrogens with zero attached hydrogens (tertiary/aromatic N) is 5. The second kappa shape index (κ2) is 6.21. The molecule has 26 heavy (non-hydrogen) atoms. The molecule has 0 aromatic carbocycles. The molecule has 0 saturated carbocycles. The zero-order valence-corrected chi connectivity index (χ0v) is 16.0. The number of hydrogen-bond acceptors (Lipinski definition) is 5. The Labute approximate surface area is 154 Å². The second-order valence-electron chi connectivity index (χ2n) is 6.54. The van der Waals surface area contributed by atoms with Gasteiger partial charge in [0.15, 0.2) is 5.65 Å². The number of aromatic nitrogens is 6. The zero-order chi connectivity index (χ0) is 18.4. The van der Waals surface area contributed by atoms with Crippen molar-refractivity contribution in [2.75, 3.05) is 0 Å². The Balaban J connectivity index is 1.74. The minimum absolute atomic E-state index is 0.0709. The molecule has 0 aliphatic heterocycles. The van der Waals surface area contributed by atoms with Crippen LogP contribution in [0, 0.1) is 20.8 Å².